The summed E-state index contributed by atoms with van der Waals surface area (Å²) in [6.07, 6.45) is 7.92. The summed E-state index contributed by atoms with van der Waals surface area (Å²) in [6, 6.07) is 0. The van der Waals surface area contributed by atoms with Gasteiger partial charge in [-0.3, -0.25) is 4.79 Å². The molecule has 8 nitrogen and oxygen atoms in total. The predicted molar refractivity (Wildman–Crippen MR) is 127 cm³/mol. The van der Waals surface area contributed by atoms with E-state index in [0.717, 1.165) is 52.0 Å². The molecule has 0 rings (SSSR count). The Hall–Kier alpha value is -1.06. The molecule has 0 radical (unpaired) electrons. The van der Waals surface area contributed by atoms with Crippen molar-refractivity contribution in [1.82, 2.24) is 10.6 Å². The number of amides is 1. The number of aldehydes is 1. The summed E-state index contributed by atoms with van der Waals surface area (Å²) in [5.41, 5.74) is 0. The van der Waals surface area contributed by atoms with E-state index in [4.69, 9.17) is 14.2 Å². The van der Waals surface area contributed by atoms with Crippen LogP contribution in [-0.4, -0.2) is 85.7 Å². The molecule has 0 aromatic carbocycles. The Balaban J connectivity index is -0.000000973. The molecule has 0 aromatic heterocycles. The summed E-state index contributed by atoms with van der Waals surface area (Å²) in [5.74, 6) is 0.126. The fourth-order valence-electron chi connectivity index (χ4n) is 2.15. The lowest BCUT2D eigenvalue weighted by Gasteiger charge is -2.07. The van der Waals surface area contributed by atoms with Crippen LogP contribution in [0.5, 0.6) is 0 Å². The van der Waals surface area contributed by atoms with Gasteiger partial charge in [-0.25, -0.2) is 0 Å². The molecule has 1 amide bonds. The molecule has 0 aromatic rings. The zero-order chi connectivity index (χ0) is 23.8. The lowest BCUT2D eigenvalue weighted by Crippen LogP contribution is -2.23. The van der Waals surface area contributed by atoms with E-state index in [1.54, 1.807) is 0 Å². The highest BCUT2D eigenvalue weighted by Crippen LogP contribution is 1.96. The first-order valence-corrected chi connectivity index (χ1v) is 11.8. The minimum absolute atomic E-state index is 0.126. The van der Waals surface area contributed by atoms with Gasteiger partial charge >= 0.3 is 0 Å². The average Bonchev–Trinajstić information content (AvgIpc) is 2.80. The van der Waals surface area contributed by atoms with Crippen LogP contribution in [0.3, 0.4) is 0 Å². The van der Waals surface area contributed by atoms with Crippen LogP contribution in [0, 0.1) is 0 Å². The van der Waals surface area contributed by atoms with E-state index >= 15 is 0 Å². The summed E-state index contributed by atoms with van der Waals surface area (Å²) in [6.45, 7) is 12.1. The number of methoxy groups -OCH3 is 1. The van der Waals surface area contributed by atoms with Crippen LogP contribution in [0.25, 0.3) is 0 Å². The molecule has 0 saturated carbocycles. The maximum atomic E-state index is 11.0. The Bertz CT molecular complexity index is 333. The van der Waals surface area contributed by atoms with E-state index in [0.29, 0.717) is 39.1 Å². The minimum Gasteiger partial charge on any atom is -0.379 e. The molecular weight excluding hydrogens is 400 g/mol. The number of ether oxygens (including phenoxy) is 4. The molecule has 188 valence electrons. The SMILES string of the molecule is CC.CCC(=O)NCCCCCOCCOCCOCCCCCNC.COCC=O. The smallest absolute Gasteiger partial charge is 0.219 e. The second-order valence-electron chi connectivity index (χ2n) is 6.39. The highest BCUT2D eigenvalue weighted by molar-refractivity contribution is 5.75. The first kappa shape index (κ1) is 34.6. The first-order valence-electron chi connectivity index (χ1n) is 11.8. The summed E-state index contributed by atoms with van der Waals surface area (Å²) in [5, 5.41) is 6.01. The third-order valence-electron chi connectivity index (χ3n) is 3.80. The first-order chi connectivity index (χ1) is 15.2. The van der Waals surface area contributed by atoms with E-state index in [1.807, 2.05) is 27.8 Å². The van der Waals surface area contributed by atoms with Gasteiger partial charge in [0.1, 0.15) is 12.9 Å². The lowest BCUT2D eigenvalue weighted by molar-refractivity contribution is -0.120. The van der Waals surface area contributed by atoms with Gasteiger partial charge in [0.15, 0.2) is 0 Å². The van der Waals surface area contributed by atoms with Gasteiger partial charge in [-0.1, -0.05) is 20.8 Å². The Labute approximate surface area is 191 Å². The molecule has 2 N–H and O–H groups in total. The van der Waals surface area contributed by atoms with Crippen molar-refractivity contribution in [3.05, 3.63) is 0 Å². The largest absolute Gasteiger partial charge is 0.379 e. The van der Waals surface area contributed by atoms with Crippen molar-refractivity contribution in [3.8, 4) is 0 Å². The third-order valence-corrected chi connectivity index (χ3v) is 3.80. The van der Waals surface area contributed by atoms with Crippen LogP contribution >= 0.6 is 0 Å². The quantitative estimate of drug-likeness (QED) is 0.205. The molecular formula is C23H50N2O6. The van der Waals surface area contributed by atoms with E-state index in [9.17, 15) is 9.59 Å². The van der Waals surface area contributed by atoms with Gasteiger partial charge in [-0.15, -0.1) is 0 Å². The molecule has 0 aliphatic rings. The van der Waals surface area contributed by atoms with Crippen molar-refractivity contribution in [1.29, 1.82) is 0 Å². The second-order valence-corrected chi connectivity index (χ2v) is 6.39. The number of nitrogens with one attached hydrogen (secondary N) is 2. The lowest BCUT2D eigenvalue weighted by atomic mass is 10.2. The van der Waals surface area contributed by atoms with E-state index in [-0.39, 0.29) is 12.5 Å². The topological polar surface area (TPSA) is 95.1 Å². The number of hydrogen-bond acceptors (Lipinski definition) is 7. The van der Waals surface area contributed by atoms with E-state index < -0.39 is 0 Å². The van der Waals surface area contributed by atoms with Crippen LogP contribution < -0.4 is 10.6 Å². The Morgan fingerprint density at radius 3 is 1.65 bits per heavy atom. The molecule has 0 aliphatic heterocycles. The van der Waals surface area contributed by atoms with Crippen LogP contribution in [0.2, 0.25) is 0 Å². The number of carbonyl (C=O) groups is 2. The number of rotatable bonds is 21. The van der Waals surface area contributed by atoms with Crippen LogP contribution in [-0.2, 0) is 28.5 Å². The standard InChI is InChI=1S/C18H38N2O4.C3H6O2.C2H6/c1-3-18(21)20-11-7-5-9-13-23-15-17-24-16-14-22-12-8-4-6-10-19-2;1-5-3-2-4;1-2/h19H,3-17H2,1-2H3,(H,20,21);2H,3H2,1H3;1-2H3. The number of hydrogen-bond donors (Lipinski definition) is 2. The summed E-state index contributed by atoms with van der Waals surface area (Å²) in [4.78, 5) is 20.3. The fourth-order valence-corrected chi connectivity index (χ4v) is 2.15. The van der Waals surface area contributed by atoms with Gasteiger partial charge in [0.25, 0.3) is 0 Å². The molecule has 0 heterocycles. The fraction of sp³-hybridized carbons (Fsp3) is 0.913. The molecule has 0 bridgehead atoms. The van der Waals surface area contributed by atoms with Crippen LogP contribution in [0.15, 0.2) is 0 Å². The normalized spacial score (nSPS) is 9.84. The van der Waals surface area contributed by atoms with Gasteiger partial charge < -0.3 is 34.4 Å². The van der Waals surface area contributed by atoms with Crippen LogP contribution in [0.4, 0.5) is 0 Å². The monoisotopic (exact) mass is 450 g/mol. The number of unbranched alkanes of at least 4 members (excludes halogenated alkanes) is 4. The average molecular weight is 451 g/mol. The maximum absolute atomic E-state index is 11.0. The number of carbonyl (C=O) groups excluding carboxylic acids is 2. The van der Waals surface area contributed by atoms with Crippen molar-refractivity contribution < 1.29 is 28.5 Å². The summed E-state index contributed by atoms with van der Waals surface area (Å²) in [7, 11) is 3.46. The van der Waals surface area contributed by atoms with Gasteiger partial charge in [0.2, 0.25) is 5.91 Å². The van der Waals surface area contributed by atoms with Crippen molar-refractivity contribution in [3.63, 3.8) is 0 Å². The predicted octanol–water partition coefficient (Wildman–Crippen LogP) is 2.98. The highest BCUT2D eigenvalue weighted by Gasteiger charge is 1.96. The molecule has 0 saturated heterocycles. The molecule has 0 fully saturated rings. The summed E-state index contributed by atoms with van der Waals surface area (Å²) >= 11 is 0. The zero-order valence-electron chi connectivity index (χ0n) is 20.8. The zero-order valence-corrected chi connectivity index (χ0v) is 20.8. The third kappa shape index (κ3) is 39.9. The van der Waals surface area contributed by atoms with Gasteiger partial charge in [-0.2, -0.15) is 0 Å². The van der Waals surface area contributed by atoms with E-state index in [1.165, 1.54) is 20.0 Å². The Kier molecular flexibility index (Phi) is 40.5. The molecule has 0 spiro atoms. The van der Waals surface area contributed by atoms with Gasteiger partial charge in [0, 0.05) is 33.3 Å². The van der Waals surface area contributed by atoms with Crippen molar-refractivity contribution in [2.75, 3.05) is 73.5 Å². The minimum atomic E-state index is 0.126. The van der Waals surface area contributed by atoms with Crippen molar-refractivity contribution in [2.45, 2.75) is 65.7 Å². The molecule has 0 atom stereocenters. The van der Waals surface area contributed by atoms with E-state index in [2.05, 4.69) is 15.4 Å². The molecule has 8 heteroatoms. The van der Waals surface area contributed by atoms with Crippen molar-refractivity contribution >= 4 is 12.2 Å². The Morgan fingerprint density at radius 2 is 1.26 bits per heavy atom. The van der Waals surface area contributed by atoms with Gasteiger partial charge in [0.05, 0.1) is 26.4 Å². The maximum Gasteiger partial charge on any atom is 0.219 e. The molecule has 0 aliphatic carbocycles. The summed E-state index contributed by atoms with van der Waals surface area (Å²) < 4.78 is 20.8. The molecule has 0 unspecified atom stereocenters. The highest BCUT2D eigenvalue weighted by atomic mass is 16.5. The Morgan fingerprint density at radius 1 is 0.774 bits per heavy atom. The van der Waals surface area contributed by atoms with Crippen molar-refractivity contribution in [2.24, 2.45) is 0 Å². The second kappa shape index (κ2) is 36.3. The van der Waals surface area contributed by atoms with Gasteiger partial charge in [-0.05, 0) is 52.1 Å². The van der Waals surface area contributed by atoms with Crippen LogP contribution in [0.1, 0.15) is 65.7 Å². The molecule has 31 heavy (non-hydrogen) atoms.